The highest BCUT2D eigenvalue weighted by Crippen LogP contribution is 2.10. The largest absolute Gasteiger partial charge is 0.340 e. The quantitative estimate of drug-likeness (QED) is 0.742. The van der Waals surface area contributed by atoms with Crippen LogP contribution in [0, 0.1) is 6.92 Å². The van der Waals surface area contributed by atoms with E-state index in [0.717, 1.165) is 17.8 Å². The third-order valence-corrected chi connectivity index (χ3v) is 3.75. The first kappa shape index (κ1) is 14.3. The first-order valence-electron chi connectivity index (χ1n) is 7.24. The number of amides is 1. The van der Waals surface area contributed by atoms with E-state index in [1.807, 2.05) is 41.7 Å². The molecule has 0 aliphatic rings. The molecule has 5 heteroatoms. The van der Waals surface area contributed by atoms with Crippen LogP contribution in [0.5, 0.6) is 0 Å². The van der Waals surface area contributed by atoms with Crippen molar-refractivity contribution in [2.75, 3.05) is 13.6 Å². The summed E-state index contributed by atoms with van der Waals surface area (Å²) in [6.07, 6.45) is 6.14. The summed E-state index contributed by atoms with van der Waals surface area (Å²) >= 11 is 0. The molecule has 3 rings (SSSR count). The number of carbonyl (C=O) groups is 1. The van der Waals surface area contributed by atoms with E-state index in [4.69, 9.17) is 0 Å². The Balaban J connectivity index is 1.73. The zero-order valence-corrected chi connectivity index (χ0v) is 12.7. The highest BCUT2D eigenvalue weighted by Gasteiger charge is 2.15. The van der Waals surface area contributed by atoms with E-state index in [0.29, 0.717) is 12.2 Å². The number of nitrogens with zero attached hydrogens (tertiary/aromatic N) is 4. The Kier molecular flexibility index (Phi) is 3.87. The number of fused-ring (bicyclic) bond motifs is 1. The molecule has 0 saturated heterocycles. The first-order chi connectivity index (χ1) is 10.6. The highest BCUT2D eigenvalue weighted by molar-refractivity contribution is 5.92. The fourth-order valence-corrected chi connectivity index (χ4v) is 2.39. The van der Waals surface area contributed by atoms with Gasteiger partial charge in [-0.15, -0.1) is 0 Å². The van der Waals surface area contributed by atoms with Gasteiger partial charge in [0.2, 0.25) is 0 Å². The minimum atomic E-state index is -0.0582. The van der Waals surface area contributed by atoms with Crippen molar-refractivity contribution in [3.63, 3.8) is 0 Å². The van der Waals surface area contributed by atoms with Gasteiger partial charge in [0, 0.05) is 37.9 Å². The van der Waals surface area contributed by atoms with Crippen molar-refractivity contribution in [1.82, 2.24) is 19.3 Å². The molecule has 3 aromatic rings. The van der Waals surface area contributed by atoms with Crippen molar-refractivity contribution in [2.45, 2.75) is 13.3 Å². The zero-order chi connectivity index (χ0) is 15.5. The minimum Gasteiger partial charge on any atom is -0.340 e. The van der Waals surface area contributed by atoms with Crippen molar-refractivity contribution >= 4 is 11.6 Å². The van der Waals surface area contributed by atoms with E-state index in [-0.39, 0.29) is 5.91 Å². The van der Waals surface area contributed by atoms with Gasteiger partial charge in [0.1, 0.15) is 11.3 Å². The molecule has 0 aliphatic carbocycles. The van der Waals surface area contributed by atoms with Gasteiger partial charge < -0.3 is 9.30 Å². The average molecular weight is 294 g/mol. The Labute approximate surface area is 129 Å². The first-order valence-corrected chi connectivity index (χ1v) is 7.24. The molecular formula is C17H18N4O. The molecule has 0 saturated carbocycles. The zero-order valence-electron chi connectivity index (χ0n) is 12.7. The molecule has 0 aliphatic heterocycles. The maximum atomic E-state index is 12.5. The molecule has 3 aromatic heterocycles. The molecule has 0 fully saturated rings. The van der Waals surface area contributed by atoms with Crippen LogP contribution in [-0.4, -0.2) is 38.8 Å². The molecule has 0 radical (unpaired) electrons. The molecule has 0 aromatic carbocycles. The van der Waals surface area contributed by atoms with Crippen LogP contribution in [-0.2, 0) is 6.42 Å². The predicted molar refractivity (Wildman–Crippen MR) is 84.8 cm³/mol. The van der Waals surface area contributed by atoms with Crippen LogP contribution in [0.4, 0.5) is 0 Å². The summed E-state index contributed by atoms with van der Waals surface area (Å²) in [6.45, 7) is 2.64. The van der Waals surface area contributed by atoms with Crippen LogP contribution in [0.25, 0.3) is 5.65 Å². The summed E-state index contributed by atoms with van der Waals surface area (Å²) in [5.74, 6) is -0.0582. The minimum absolute atomic E-state index is 0.0582. The smallest absolute Gasteiger partial charge is 0.273 e. The number of aryl methyl sites for hydroxylation is 1. The van der Waals surface area contributed by atoms with E-state index in [1.165, 1.54) is 5.56 Å². The molecular weight excluding hydrogens is 276 g/mol. The van der Waals surface area contributed by atoms with Crippen LogP contribution < -0.4 is 0 Å². The maximum Gasteiger partial charge on any atom is 0.273 e. The normalized spacial score (nSPS) is 10.8. The van der Waals surface area contributed by atoms with Gasteiger partial charge in [0.05, 0.1) is 0 Å². The average Bonchev–Trinajstić information content (AvgIpc) is 2.98. The Hall–Kier alpha value is -2.69. The van der Waals surface area contributed by atoms with Crippen molar-refractivity contribution in [1.29, 1.82) is 0 Å². The second-order valence-electron chi connectivity index (χ2n) is 5.35. The molecule has 3 heterocycles. The van der Waals surface area contributed by atoms with Crippen molar-refractivity contribution in [3.8, 4) is 0 Å². The van der Waals surface area contributed by atoms with Gasteiger partial charge in [-0.3, -0.25) is 9.78 Å². The molecule has 0 unspecified atom stereocenters. The van der Waals surface area contributed by atoms with Gasteiger partial charge in [-0.05, 0) is 43.2 Å². The van der Waals surface area contributed by atoms with Crippen LogP contribution >= 0.6 is 0 Å². The Morgan fingerprint density at radius 2 is 2.00 bits per heavy atom. The highest BCUT2D eigenvalue weighted by atomic mass is 16.2. The molecule has 0 bridgehead atoms. The van der Waals surface area contributed by atoms with Crippen molar-refractivity contribution in [2.24, 2.45) is 0 Å². The third-order valence-electron chi connectivity index (χ3n) is 3.75. The van der Waals surface area contributed by atoms with E-state index in [2.05, 4.69) is 9.97 Å². The van der Waals surface area contributed by atoms with E-state index >= 15 is 0 Å². The number of hydrogen-bond donors (Lipinski definition) is 0. The summed E-state index contributed by atoms with van der Waals surface area (Å²) < 4.78 is 1.93. The Morgan fingerprint density at radius 1 is 1.23 bits per heavy atom. The molecule has 0 N–H and O–H groups in total. The third kappa shape index (κ3) is 2.83. The predicted octanol–water partition coefficient (Wildman–Crippen LogP) is 2.35. The maximum absolute atomic E-state index is 12.5. The molecule has 22 heavy (non-hydrogen) atoms. The fourth-order valence-electron chi connectivity index (χ4n) is 2.39. The summed E-state index contributed by atoms with van der Waals surface area (Å²) in [7, 11) is 1.81. The van der Waals surface area contributed by atoms with Gasteiger partial charge in [0.15, 0.2) is 0 Å². The number of pyridine rings is 2. The van der Waals surface area contributed by atoms with Crippen molar-refractivity contribution < 1.29 is 4.79 Å². The standard InChI is InChI=1S/C17H18N4O/c1-13-4-3-5-16-19-15(12-21(13)16)17(22)20(2)11-8-14-6-9-18-10-7-14/h3-7,9-10,12H,8,11H2,1-2H3. The molecule has 0 spiro atoms. The van der Waals surface area contributed by atoms with Crippen LogP contribution in [0.1, 0.15) is 21.7 Å². The van der Waals surface area contributed by atoms with Crippen LogP contribution in [0.2, 0.25) is 0 Å². The summed E-state index contributed by atoms with van der Waals surface area (Å²) in [6, 6.07) is 9.77. The lowest BCUT2D eigenvalue weighted by molar-refractivity contribution is 0.0791. The lowest BCUT2D eigenvalue weighted by atomic mass is 10.2. The topological polar surface area (TPSA) is 50.5 Å². The Morgan fingerprint density at radius 3 is 2.73 bits per heavy atom. The molecule has 0 atom stereocenters. The van der Waals surface area contributed by atoms with E-state index < -0.39 is 0 Å². The summed E-state index contributed by atoms with van der Waals surface area (Å²) in [5, 5.41) is 0. The number of imidazole rings is 1. The lowest BCUT2D eigenvalue weighted by Crippen LogP contribution is -2.29. The van der Waals surface area contributed by atoms with E-state index in [9.17, 15) is 4.79 Å². The van der Waals surface area contributed by atoms with Gasteiger partial charge in [-0.25, -0.2) is 4.98 Å². The molecule has 112 valence electrons. The summed E-state index contributed by atoms with van der Waals surface area (Å²) in [5.41, 5.74) is 3.50. The van der Waals surface area contributed by atoms with Crippen LogP contribution in [0.15, 0.2) is 48.9 Å². The monoisotopic (exact) mass is 294 g/mol. The second kappa shape index (κ2) is 5.97. The van der Waals surface area contributed by atoms with E-state index in [1.54, 1.807) is 30.5 Å². The van der Waals surface area contributed by atoms with Crippen LogP contribution in [0.3, 0.4) is 0 Å². The Bertz CT molecular complexity index is 795. The van der Waals surface area contributed by atoms with Gasteiger partial charge in [-0.2, -0.15) is 0 Å². The number of aromatic nitrogens is 3. The lowest BCUT2D eigenvalue weighted by Gasteiger charge is -2.15. The van der Waals surface area contributed by atoms with Gasteiger partial charge >= 0.3 is 0 Å². The van der Waals surface area contributed by atoms with Gasteiger partial charge in [-0.1, -0.05) is 6.07 Å². The molecule has 5 nitrogen and oxygen atoms in total. The summed E-state index contributed by atoms with van der Waals surface area (Å²) in [4.78, 5) is 22.6. The number of rotatable bonds is 4. The number of carbonyl (C=O) groups excluding carboxylic acids is 1. The van der Waals surface area contributed by atoms with Crippen molar-refractivity contribution in [3.05, 3.63) is 65.9 Å². The number of hydrogen-bond acceptors (Lipinski definition) is 3. The molecule has 1 amide bonds. The SMILES string of the molecule is Cc1cccc2nc(C(=O)N(C)CCc3ccncc3)cn12. The second-order valence-corrected chi connectivity index (χ2v) is 5.35. The van der Waals surface area contributed by atoms with Gasteiger partial charge in [0.25, 0.3) is 5.91 Å². The fraction of sp³-hybridized carbons (Fsp3) is 0.235. The number of likely N-dealkylation sites (N-methyl/N-ethyl adjacent to an activating group) is 1.